The van der Waals surface area contributed by atoms with E-state index in [9.17, 15) is 13.2 Å². The van der Waals surface area contributed by atoms with Crippen LogP contribution in [0.15, 0.2) is 53.4 Å². The lowest BCUT2D eigenvalue weighted by Gasteiger charge is -2.29. The molecule has 1 aliphatic heterocycles. The molecule has 1 unspecified atom stereocenters. The van der Waals surface area contributed by atoms with E-state index >= 15 is 0 Å². The minimum absolute atomic E-state index is 0.156. The lowest BCUT2D eigenvalue weighted by atomic mass is 10.0. The molecule has 3 rings (SSSR count). The Morgan fingerprint density at radius 2 is 1.65 bits per heavy atom. The van der Waals surface area contributed by atoms with Crippen molar-refractivity contribution in [2.75, 3.05) is 26.8 Å². The molecule has 1 amide bonds. The van der Waals surface area contributed by atoms with Crippen molar-refractivity contribution in [1.29, 1.82) is 0 Å². The number of sulfonamides is 1. The zero-order chi connectivity index (χ0) is 22.4. The van der Waals surface area contributed by atoms with Gasteiger partial charge in [-0.2, -0.15) is 4.31 Å². The van der Waals surface area contributed by atoms with Crippen LogP contribution in [0.5, 0.6) is 11.5 Å². The molecule has 0 saturated carbocycles. The van der Waals surface area contributed by atoms with Crippen molar-refractivity contribution in [3.63, 3.8) is 0 Å². The molecule has 31 heavy (non-hydrogen) atoms. The van der Waals surface area contributed by atoms with Gasteiger partial charge in [-0.3, -0.25) is 4.79 Å². The lowest BCUT2D eigenvalue weighted by Crippen LogP contribution is -2.37. The van der Waals surface area contributed by atoms with E-state index in [-0.39, 0.29) is 23.5 Å². The molecule has 1 heterocycles. The van der Waals surface area contributed by atoms with Crippen LogP contribution in [0.1, 0.15) is 38.3 Å². The third-order valence-corrected chi connectivity index (χ3v) is 7.48. The van der Waals surface area contributed by atoms with Crippen LogP contribution in [0, 0.1) is 5.92 Å². The first-order chi connectivity index (χ1) is 14.8. The van der Waals surface area contributed by atoms with Crippen molar-refractivity contribution in [3.05, 3.63) is 54.1 Å². The van der Waals surface area contributed by atoms with E-state index < -0.39 is 10.0 Å². The number of benzene rings is 2. The molecule has 1 fully saturated rings. The highest BCUT2D eigenvalue weighted by Gasteiger charge is 2.27. The van der Waals surface area contributed by atoms with Crippen LogP contribution in [0.3, 0.4) is 0 Å². The molecule has 2 aromatic rings. The van der Waals surface area contributed by atoms with Gasteiger partial charge in [0, 0.05) is 13.1 Å². The SMILES string of the molecule is COc1ccc(C(C)NC(=O)COc2ccc(S(=O)(=O)N3CCC(C)CC3)cc2)cc1. The third kappa shape index (κ3) is 5.98. The molecule has 1 aliphatic rings. The fourth-order valence-corrected chi connectivity index (χ4v) is 4.96. The Balaban J connectivity index is 1.52. The predicted octanol–water partition coefficient (Wildman–Crippen LogP) is 3.37. The number of nitrogens with zero attached hydrogens (tertiary/aromatic N) is 1. The minimum Gasteiger partial charge on any atom is -0.497 e. The molecule has 1 atom stereocenters. The van der Waals surface area contributed by atoms with Crippen molar-refractivity contribution in [1.82, 2.24) is 9.62 Å². The van der Waals surface area contributed by atoms with Crippen molar-refractivity contribution in [3.8, 4) is 11.5 Å². The second kappa shape index (κ2) is 10.2. The number of ether oxygens (including phenoxy) is 2. The van der Waals surface area contributed by atoms with E-state index in [0.29, 0.717) is 24.8 Å². The Bertz CT molecular complexity index is 966. The van der Waals surface area contributed by atoms with E-state index in [1.165, 1.54) is 16.4 Å². The Morgan fingerprint density at radius 1 is 1.06 bits per heavy atom. The molecule has 1 N–H and O–H groups in total. The maximum Gasteiger partial charge on any atom is 0.258 e. The smallest absolute Gasteiger partial charge is 0.258 e. The van der Waals surface area contributed by atoms with Crippen molar-refractivity contribution >= 4 is 15.9 Å². The number of carbonyl (C=O) groups is 1. The monoisotopic (exact) mass is 446 g/mol. The Kier molecular flexibility index (Phi) is 7.56. The average molecular weight is 447 g/mol. The number of hydrogen-bond donors (Lipinski definition) is 1. The highest BCUT2D eigenvalue weighted by atomic mass is 32.2. The number of methoxy groups -OCH3 is 1. The Morgan fingerprint density at radius 3 is 2.23 bits per heavy atom. The van der Waals surface area contributed by atoms with E-state index in [0.717, 1.165) is 24.2 Å². The average Bonchev–Trinajstić information content (AvgIpc) is 2.78. The summed E-state index contributed by atoms with van der Waals surface area (Å²) in [4.78, 5) is 12.5. The van der Waals surface area contributed by atoms with Gasteiger partial charge in [0.05, 0.1) is 18.0 Å². The van der Waals surface area contributed by atoms with Gasteiger partial charge in [-0.1, -0.05) is 19.1 Å². The first-order valence-electron chi connectivity index (χ1n) is 10.5. The van der Waals surface area contributed by atoms with Gasteiger partial charge in [-0.15, -0.1) is 0 Å². The van der Waals surface area contributed by atoms with Crippen LogP contribution in [0.2, 0.25) is 0 Å². The normalized spacial score (nSPS) is 16.5. The molecule has 0 aromatic heterocycles. The summed E-state index contributed by atoms with van der Waals surface area (Å²) in [5, 5.41) is 2.88. The Hall–Kier alpha value is -2.58. The van der Waals surface area contributed by atoms with Gasteiger partial charge in [0.2, 0.25) is 10.0 Å². The van der Waals surface area contributed by atoms with Crippen LogP contribution < -0.4 is 14.8 Å². The van der Waals surface area contributed by atoms with Crippen molar-refractivity contribution < 1.29 is 22.7 Å². The molecule has 0 spiro atoms. The maximum absolute atomic E-state index is 12.8. The lowest BCUT2D eigenvalue weighted by molar-refractivity contribution is -0.123. The van der Waals surface area contributed by atoms with Gasteiger partial charge >= 0.3 is 0 Å². The molecule has 2 aromatic carbocycles. The highest BCUT2D eigenvalue weighted by Crippen LogP contribution is 2.25. The van der Waals surface area contributed by atoms with Gasteiger partial charge in [-0.25, -0.2) is 8.42 Å². The van der Waals surface area contributed by atoms with Gasteiger partial charge in [0.25, 0.3) is 5.91 Å². The number of carbonyl (C=O) groups excluding carboxylic acids is 1. The van der Waals surface area contributed by atoms with Crippen LogP contribution >= 0.6 is 0 Å². The summed E-state index contributed by atoms with van der Waals surface area (Å²) < 4.78 is 37.8. The number of hydrogen-bond acceptors (Lipinski definition) is 5. The zero-order valence-electron chi connectivity index (χ0n) is 18.2. The molecule has 0 radical (unpaired) electrons. The van der Waals surface area contributed by atoms with Gasteiger partial charge in [0.1, 0.15) is 11.5 Å². The summed E-state index contributed by atoms with van der Waals surface area (Å²) >= 11 is 0. The summed E-state index contributed by atoms with van der Waals surface area (Å²) in [5.41, 5.74) is 0.954. The molecule has 0 bridgehead atoms. The largest absolute Gasteiger partial charge is 0.497 e. The molecule has 8 heteroatoms. The fourth-order valence-electron chi connectivity index (χ4n) is 3.49. The van der Waals surface area contributed by atoms with E-state index in [4.69, 9.17) is 9.47 Å². The van der Waals surface area contributed by atoms with E-state index in [2.05, 4.69) is 12.2 Å². The summed E-state index contributed by atoms with van der Waals surface area (Å²) in [5.74, 6) is 1.49. The van der Waals surface area contributed by atoms with Crippen LogP contribution in [0.4, 0.5) is 0 Å². The van der Waals surface area contributed by atoms with E-state index in [1.807, 2.05) is 31.2 Å². The number of amides is 1. The minimum atomic E-state index is -3.50. The molecule has 0 aliphatic carbocycles. The summed E-state index contributed by atoms with van der Waals surface area (Å²) in [7, 11) is -1.89. The van der Waals surface area contributed by atoms with Crippen molar-refractivity contribution in [2.45, 2.75) is 37.6 Å². The second-order valence-electron chi connectivity index (χ2n) is 7.91. The quantitative estimate of drug-likeness (QED) is 0.672. The molecular weight excluding hydrogens is 416 g/mol. The van der Waals surface area contributed by atoms with Gasteiger partial charge < -0.3 is 14.8 Å². The summed E-state index contributed by atoms with van der Waals surface area (Å²) in [6.45, 7) is 4.98. The molecular formula is C23H30N2O5S. The third-order valence-electron chi connectivity index (χ3n) is 5.57. The fraction of sp³-hybridized carbons (Fsp3) is 0.435. The van der Waals surface area contributed by atoms with Crippen LogP contribution in [-0.2, 0) is 14.8 Å². The molecule has 1 saturated heterocycles. The van der Waals surface area contributed by atoms with E-state index in [1.54, 1.807) is 19.2 Å². The summed E-state index contributed by atoms with van der Waals surface area (Å²) in [6.07, 6.45) is 1.76. The first kappa shape index (κ1) is 23.1. The number of nitrogens with one attached hydrogen (secondary N) is 1. The second-order valence-corrected chi connectivity index (χ2v) is 9.85. The topological polar surface area (TPSA) is 84.9 Å². The van der Waals surface area contributed by atoms with Gasteiger partial charge in [0.15, 0.2) is 6.61 Å². The predicted molar refractivity (Wildman–Crippen MR) is 119 cm³/mol. The highest BCUT2D eigenvalue weighted by molar-refractivity contribution is 7.89. The standard InChI is InChI=1S/C23H30N2O5S/c1-17-12-14-25(15-13-17)31(27,28)22-10-8-21(9-11-22)30-16-23(26)24-18(2)19-4-6-20(29-3)7-5-19/h4-11,17-18H,12-16H2,1-3H3,(H,24,26). The number of piperidine rings is 1. The molecule has 7 nitrogen and oxygen atoms in total. The van der Waals surface area contributed by atoms with Crippen LogP contribution in [0.25, 0.3) is 0 Å². The number of rotatable bonds is 8. The maximum atomic E-state index is 12.8. The molecule has 168 valence electrons. The van der Waals surface area contributed by atoms with Gasteiger partial charge in [-0.05, 0) is 67.6 Å². The zero-order valence-corrected chi connectivity index (χ0v) is 19.0. The Labute approximate surface area is 184 Å². The summed E-state index contributed by atoms with van der Waals surface area (Å²) in [6, 6.07) is 13.5. The van der Waals surface area contributed by atoms with Crippen LogP contribution in [-0.4, -0.2) is 45.4 Å². The van der Waals surface area contributed by atoms with Crippen molar-refractivity contribution in [2.24, 2.45) is 5.92 Å². The first-order valence-corrected chi connectivity index (χ1v) is 11.9.